The van der Waals surface area contributed by atoms with Gasteiger partial charge in [-0.1, -0.05) is 17.7 Å². The van der Waals surface area contributed by atoms with Crippen LogP contribution in [0, 0.1) is 11.7 Å². The van der Waals surface area contributed by atoms with Crippen molar-refractivity contribution in [2.45, 2.75) is 43.7 Å². The number of hydrogen-bond acceptors (Lipinski definition) is 2. The Morgan fingerprint density at radius 2 is 2.25 bits per heavy atom. The molecule has 4 heteroatoms. The van der Waals surface area contributed by atoms with Gasteiger partial charge in [0.1, 0.15) is 5.82 Å². The summed E-state index contributed by atoms with van der Waals surface area (Å²) in [5.74, 6) is 0.162. The van der Waals surface area contributed by atoms with Gasteiger partial charge in [0.2, 0.25) is 0 Å². The number of halogens is 2. The van der Waals surface area contributed by atoms with Crippen molar-refractivity contribution in [2.75, 3.05) is 13.7 Å². The molecule has 110 valence electrons. The standard InChI is InChI=1S/C16H21ClFNO/c1-19-15(14-12(17)4-2-5-13(14)18)11-6-9-20-16(10-11)7-3-8-16/h2,4-5,11,15,19H,3,6-10H2,1H3. The summed E-state index contributed by atoms with van der Waals surface area (Å²) in [6.07, 6.45) is 5.49. The van der Waals surface area contributed by atoms with Crippen molar-refractivity contribution in [3.63, 3.8) is 0 Å². The first-order chi connectivity index (χ1) is 9.65. The fourth-order valence-corrected chi connectivity index (χ4v) is 3.97. The van der Waals surface area contributed by atoms with Gasteiger partial charge < -0.3 is 10.1 Å². The zero-order valence-electron chi connectivity index (χ0n) is 11.8. The predicted octanol–water partition coefficient (Wildman–Crippen LogP) is 4.09. The lowest BCUT2D eigenvalue weighted by Crippen LogP contribution is -2.47. The molecule has 2 atom stereocenters. The third-order valence-electron chi connectivity index (χ3n) is 4.89. The highest BCUT2D eigenvalue weighted by Gasteiger charge is 2.44. The molecule has 20 heavy (non-hydrogen) atoms. The van der Waals surface area contributed by atoms with E-state index < -0.39 is 0 Å². The van der Waals surface area contributed by atoms with Gasteiger partial charge in [-0.25, -0.2) is 4.39 Å². The van der Waals surface area contributed by atoms with E-state index in [1.165, 1.54) is 12.5 Å². The van der Waals surface area contributed by atoms with Crippen LogP contribution < -0.4 is 5.32 Å². The minimum absolute atomic E-state index is 0.0370. The van der Waals surface area contributed by atoms with Crippen molar-refractivity contribution < 1.29 is 9.13 Å². The van der Waals surface area contributed by atoms with Crippen LogP contribution in [-0.4, -0.2) is 19.3 Å². The zero-order valence-corrected chi connectivity index (χ0v) is 12.5. The van der Waals surface area contributed by atoms with Gasteiger partial charge in [-0.3, -0.25) is 0 Å². The van der Waals surface area contributed by atoms with E-state index in [0.29, 0.717) is 16.5 Å². The van der Waals surface area contributed by atoms with Crippen LogP contribution in [0.25, 0.3) is 0 Å². The molecule has 1 aliphatic carbocycles. The molecule has 1 N–H and O–H groups in total. The van der Waals surface area contributed by atoms with Gasteiger partial charge in [-0.05, 0) is 57.2 Å². The smallest absolute Gasteiger partial charge is 0.129 e. The summed E-state index contributed by atoms with van der Waals surface area (Å²) in [5.41, 5.74) is 0.675. The highest BCUT2D eigenvalue weighted by atomic mass is 35.5. The monoisotopic (exact) mass is 297 g/mol. The van der Waals surface area contributed by atoms with E-state index in [2.05, 4.69) is 5.32 Å². The first kappa shape index (κ1) is 14.3. The minimum atomic E-state index is -0.217. The number of ether oxygens (including phenoxy) is 1. The first-order valence-electron chi connectivity index (χ1n) is 7.40. The van der Waals surface area contributed by atoms with Crippen LogP contribution in [0.4, 0.5) is 4.39 Å². The molecule has 1 aromatic rings. The first-order valence-corrected chi connectivity index (χ1v) is 7.78. The number of benzene rings is 1. The SMILES string of the molecule is CNC(c1c(F)cccc1Cl)C1CCOC2(CCC2)C1. The van der Waals surface area contributed by atoms with Gasteiger partial charge >= 0.3 is 0 Å². The molecule has 2 unspecified atom stereocenters. The number of nitrogens with one attached hydrogen (secondary N) is 1. The fraction of sp³-hybridized carbons (Fsp3) is 0.625. The molecule has 0 aromatic heterocycles. The Bertz CT molecular complexity index is 469. The molecule has 1 spiro atoms. The molecule has 0 radical (unpaired) electrons. The van der Waals surface area contributed by atoms with Crippen LogP contribution in [-0.2, 0) is 4.74 Å². The molecule has 0 amide bonds. The van der Waals surface area contributed by atoms with Crippen LogP contribution in [0.2, 0.25) is 5.02 Å². The summed E-state index contributed by atoms with van der Waals surface area (Å²) in [4.78, 5) is 0. The van der Waals surface area contributed by atoms with Crippen LogP contribution >= 0.6 is 11.6 Å². The molecule has 1 aromatic carbocycles. The third-order valence-corrected chi connectivity index (χ3v) is 5.22. The molecule has 2 aliphatic rings. The summed E-state index contributed by atoms with van der Waals surface area (Å²) in [7, 11) is 1.89. The maximum Gasteiger partial charge on any atom is 0.129 e. The summed E-state index contributed by atoms with van der Waals surface area (Å²) < 4.78 is 20.1. The van der Waals surface area contributed by atoms with Crippen molar-refractivity contribution in [3.05, 3.63) is 34.6 Å². The Balaban J connectivity index is 1.86. The Labute approximate surface area is 124 Å². The van der Waals surface area contributed by atoms with Gasteiger partial charge in [-0.2, -0.15) is 0 Å². The molecule has 1 heterocycles. The van der Waals surface area contributed by atoms with Crippen molar-refractivity contribution in [3.8, 4) is 0 Å². The molecule has 1 aliphatic heterocycles. The van der Waals surface area contributed by atoms with Gasteiger partial charge in [0, 0.05) is 23.2 Å². The molecule has 2 nitrogen and oxygen atoms in total. The van der Waals surface area contributed by atoms with E-state index in [0.717, 1.165) is 32.3 Å². The highest BCUT2D eigenvalue weighted by molar-refractivity contribution is 6.31. The van der Waals surface area contributed by atoms with E-state index in [1.807, 2.05) is 7.05 Å². The van der Waals surface area contributed by atoms with Gasteiger partial charge in [0.15, 0.2) is 0 Å². The fourth-order valence-electron chi connectivity index (χ4n) is 3.69. The second kappa shape index (κ2) is 5.63. The van der Waals surface area contributed by atoms with Crippen LogP contribution in [0.3, 0.4) is 0 Å². The van der Waals surface area contributed by atoms with E-state index in [9.17, 15) is 4.39 Å². The van der Waals surface area contributed by atoms with Crippen LogP contribution in [0.1, 0.15) is 43.7 Å². The van der Waals surface area contributed by atoms with Crippen LogP contribution in [0.5, 0.6) is 0 Å². The summed E-state index contributed by atoms with van der Waals surface area (Å²) in [5, 5.41) is 3.79. The van der Waals surface area contributed by atoms with Crippen molar-refractivity contribution in [2.24, 2.45) is 5.92 Å². The van der Waals surface area contributed by atoms with Gasteiger partial charge in [0.25, 0.3) is 0 Å². The summed E-state index contributed by atoms with van der Waals surface area (Å²) in [6, 6.07) is 4.88. The molecular weight excluding hydrogens is 277 g/mol. The predicted molar refractivity (Wildman–Crippen MR) is 78.5 cm³/mol. The Morgan fingerprint density at radius 1 is 1.45 bits per heavy atom. The maximum absolute atomic E-state index is 14.2. The Kier molecular flexibility index (Phi) is 4.02. The van der Waals surface area contributed by atoms with Crippen LogP contribution in [0.15, 0.2) is 18.2 Å². The summed E-state index contributed by atoms with van der Waals surface area (Å²) >= 11 is 6.23. The lowest BCUT2D eigenvalue weighted by molar-refractivity contribution is -0.147. The second-order valence-electron chi connectivity index (χ2n) is 6.04. The van der Waals surface area contributed by atoms with Crippen molar-refractivity contribution in [1.82, 2.24) is 5.32 Å². The largest absolute Gasteiger partial charge is 0.375 e. The quantitative estimate of drug-likeness (QED) is 0.907. The lowest BCUT2D eigenvalue weighted by atomic mass is 9.69. The van der Waals surface area contributed by atoms with E-state index >= 15 is 0 Å². The Hall–Kier alpha value is -0.640. The average molecular weight is 298 g/mol. The lowest BCUT2D eigenvalue weighted by Gasteiger charge is -2.49. The molecule has 2 fully saturated rings. The zero-order chi connectivity index (χ0) is 14.2. The molecular formula is C16H21ClFNO. The molecule has 0 bridgehead atoms. The highest BCUT2D eigenvalue weighted by Crippen LogP contribution is 2.47. The second-order valence-corrected chi connectivity index (χ2v) is 6.45. The van der Waals surface area contributed by atoms with Crippen molar-refractivity contribution >= 4 is 11.6 Å². The summed E-state index contributed by atoms with van der Waals surface area (Å²) in [6.45, 7) is 0.773. The average Bonchev–Trinajstić information content (AvgIpc) is 2.41. The van der Waals surface area contributed by atoms with Gasteiger partial charge in [0.05, 0.1) is 5.60 Å². The van der Waals surface area contributed by atoms with Gasteiger partial charge in [-0.15, -0.1) is 0 Å². The topological polar surface area (TPSA) is 21.3 Å². The molecule has 1 saturated heterocycles. The normalized spacial score (nSPS) is 26.2. The van der Waals surface area contributed by atoms with E-state index in [-0.39, 0.29) is 17.5 Å². The Morgan fingerprint density at radius 3 is 2.85 bits per heavy atom. The molecule has 1 saturated carbocycles. The number of hydrogen-bond donors (Lipinski definition) is 1. The van der Waals surface area contributed by atoms with Crippen molar-refractivity contribution in [1.29, 1.82) is 0 Å². The maximum atomic E-state index is 14.2. The number of rotatable bonds is 3. The van der Waals surface area contributed by atoms with E-state index in [1.54, 1.807) is 12.1 Å². The minimum Gasteiger partial charge on any atom is -0.375 e. The van der Waals surface area contributed by atoms with E-state index in [4.69, 9.17) is 16.3 Å². The molecule has 3 rings (SSSR count). The third kappa shape index (κ3) is 2.47.